The van der Waals surface area contributed by atoms with Crippen molar-refractivity contribution in [2.24, 2.45) is 0 Å². The first-order valence-corrected chi connectivity index (χ1v) is 4.85. The number of nitrogens with two attached hydrogens (primary N) is 1. The number of hydrogen-bond acceptors (Lipinski definition) is 5. The van der Waals surface area contributed by atoms with Gasteiger partial charge in [0.2, 0.25) is 0 Å². The van der Waals surface area contributed by atoms with Gasteiger partial charge in [0, 0.05) is 13.1 Å². The van der Waals surface area contributed by atoms with Gasteiger partial charge < -0.3 is 15.7 Å². The average molecular weight is 225 g/mol. The Labute approximate surface area is 93.4 Å². The number of aliphatic hydroxyl groups is 1. The van der Waals surface area contributed by atoms with E-state index in [0.717, 1.165) is 0 Å². The molecule has 0 radical (unpaired) electrons. The van der Waals surface area contributed by atoms with E-state index in [0.29, 0.717) is 5.69 Å². The number of nitro benzene ring substituents is 1. The highest BCUT2D eigenvalue weighted by Gasteiger charge is 2.22. The predicted octanol–water partition coefficient (Wildman–Crippen LogP) is 0.994. The molecular formula is C10H15N3O3. The Morgan fingerprint density at radius 1 is 1.62 bits per heavy atom. The summed E-state index contributed by atoms with van der Waals surface area (Å²) >= 11 is 0. The second-order valence-corrected chi connectivity index (χ2v) is 3.61. The van der Waals surface area contributed by atoms with Crippen LogP contribution in [0, 0.1) is 10.1 Å². The quantitative estimate of drug-likeness (QED) is 0.453. The van der Waals surface area contributed by atoms with Crippen LogP contribution in [0.1, 0.15) is 6.92 Å². The Balaban J connectivity index is 3.22. The zero-order chi connectivity index (χ0) is 12.3. The van der Waals surface area contributed by atoms with Gasteiger partial charge >= 0.3 is 5.69 Å². The summed E-state index contributed by atoms with van der Waals surface area (Å²) in [5, 5.41) is 19.9. The highest BCUT2D eigenvalue weighted by molar-refractivity contribution is 5.75. The third kappa shape index (κ3) is 2.22. The largest absolute Gasteiger partial charge is 0.394 e. The van der Waals surface area contributed by atoms with Crippen LogP contribution >= 0.6 is 0 Å². The fourth-order valence-corrected chi connectivity index (χ4v) is 1.39. The van der Waals surface area contributed by atoms with Crippen molar-refractivity contribution >= 4 is 17.1 Å². The van der Waals surface area contributed by atoms with Crippen molar-refractivity contribution in [2.45, 2.75) is 13.0 Å². The molecule has 0 aliphatic heterocycles. The first-order valence-electron chi connectivity index (χ1n) is 4.85. The van der Waals surface area contributed by atoms with Gasteiger partial charge in [0.05, 0.1) is 11.5 Å². The molecule has 6 nitrogen and oxygen atoms in total. The molecule has 1 atom stereocenters. The molecule has 1 unspecified atom stereocenters. The van der Waals surface area contributed by atoms with Gasteiger partial charge in [0.25, 0.3) is 0 Å². The molecule has 0 saturated carbocycles. The first kappa shape index (κ1) is 12.3. The molecule has 3 N–H and O–H groups in total. The van der Waals surface area contributed by atoms with Crippen LogP contribution in [0.2, 0.25) is 0 Å². The molecule has 0 amide bonds. The normalized spacial score (nSPS) is 12.2. The first-order chi connectivity index (χ1) is 7.49. The number of likely N-dealkylation sites (N-methyl/N-ethyl adjacent to an activating group) is 1. The van der Waals surface area contributed by atoms with Crippen molar-refractivity contribution in [1.82, 2.24) is 0 Å². The molecule has 0 heterocycles. The second-order valence-electron chi connectivity index (χ2n) is 3.61. The molecule has 6 heteroatoms. The van der Waals surface area contributed by atoms with Gasteiger partial charge in [-0.25, -0.2) is 0 Å². The third-order valence-corrected chi connectivity index (χ3v) is 2.53. The standard InChI is InChI=1S/C10H15N3O3/c1-7(6-14)12(2)9-5-3-4-8(11)10(9)13(15)16/h3-5,7,14H,6,11H2,1-2H3. The number of nitrogen functional groups attached to an aromatic ring is 1. The number of nitro groups is 1. The summed E-state index contributed by atoms with van der Waals surface area (Å²) in [6, 6.07) is 4.54. The lowest BCUT2D eigenvalue weighted by molar-refractivity contribution is -0.383. The van der Waals surface area contributed by atoms with Gasteiger partial charge in [-0.2, -0.15) is 0 Å². The van der Waals surface area contributed by atoms with Gasteiger partial charge in [-0.15, -0.1) is 0 Å². The predicted molar refractivity (Wildman–Crippen MR) is 62.5 cm³/mol. The lowest BCUT2D eigenvalue weighted by Crippen LogP contribution is -2.32. The zero-order valence-corrected chi connectivity index (χ0v) is 9.25. The maximum absolute atomic E-state index is 10.9. The van der Waals surface area contributed by atoms with Crippen molar-refractivity contribution in [3.05, 3.63) is 28.3 Å². The van der Waals surface area contributed by atoms with E-state index in [1.54, 1.807) is 31.0 Å². The summed E-state index contributed by atoms with van der Waals surface area (Å²) in [6.07, 6.45) is 0. The minimum Gasteiger partial charge on any atom is -0.394 e. The van der Waals surface area contributed by atoms with E-state index in [1.807, 2.05) is 0 Å². The molecule has 1 aromatic carbocycles. The van der Waals surface area contributed by atoms with Crippen molar-refractivity contribution in [3.8, 4) is 0 Å². The second kappa shape index (κ2) is 4.80. The van der Waals surface area contributed by atoms with Crippen LogP contribution in [0.15, 0.2) is 18.2 Å². The van der Waals surface area contributed by atoms with Crippen LogP contribution < -0.4 is 10.6 Å². The monoisotopic (exact) mass is 225 g/mol. The number of aliphatic hydroxyl groups excluding tert-OH is 1. The van der Waals surface area contributed by atoms with E-state index in [9.17, 15) is 10.1 Å². The molecular weight excluding hydrogens is 210 g/mol. The molecule has 0 aromatic heterocycles. The van der Waals surface area contributed by atoms with E-state index in [4.69, 9.17) is 10.8 Å². The Morgan fingerprint density at radius 2 is 2.25 bits per heavy atom. The van der Waals surface area contributed by atoms with E-state index in [1.165, 1.54) is 6.07 Å². The number of anilines is 2. The minimum absolute atomic E-state index is 0.0809. The number of benzene rings is 1. The zero-order valence-electron chi connectivity index (χ0n) is 9.25. The van der Waals surface area contributed by atoms with Gasteiger partial charge in [0.15, 0.2) is 0 Å². The lowest BCUT2D eigenvalue weighted by atomic mass is 10.2. The number of rotatable bonds is 4. The molecule has 0 spiro atoms. The van der Waals surface area contributed by atoms with Crippen LogP contribution in [-0.2, 0) is 0 Å². The fourth-order valence-electron chi connectivity index (χ4n) is 1.39. The third-order valence-electron chi connectivity index (χ3n) is 2.53. The molecule has 0 fully saturated rings. The Kier molecular flexibility index (Phi) is 3.68. The Bertz CT molecular complexity index is 395. The van der Waals surface area contributed by atoms with Crippen LogP contribution in [-0.4, -0.2) is 29.7 Å². The van der Waals surface area contributed by atoms with E-state index >= 15 is 0 Å². The summed E-state index contributed by atoms with van der Waals surface area (Å²) < 4.78 is 0. The van der Waals surface area contributed by atoms with Crippen LogP contribution in [0.25, 0.3) is 0 Å². The summed E-state index contributed by atoms with van der Waals surface area (Å²) in [5.41, 5.74) is 5.98. The van der Waals surface area contributed by atoms with E-state index in [-0.39, 0.29) is 24.0 Å². The molecule has 0 saturated heterocycles. The molecule has 1 rings (SSSR count). The van der Waals surface area contributed by atoms with Crippen molar-refractivity contribution < 1.29 is 10.0 Å². The summed E-state index contributed by atoms with van der Waals surface area (Å²) in [6.45, 7) is 1.69. The maximum atomic E-state index is 10.9. The van der Waals surface area contributed by atoms with Crippen molar-refractivity contribution in [2.75, 3.05) is 24.3 Å². The molecule has 16 heavy (non-hydrogen) atoms. The topological polar surface area (TPSA) is 92.6 Å². The minimum atomic E-state index is -0.509. The fraction of sp³-hybridized carbons (Fsp3) is 0.400. The van der Waals surface area contributed by atoms with E-state index < -0.39 is 4.92 Å². The number of para-hydroxylation sites is 1. The summed E-state index contributed by atoms with van der Waals surface area (Å²) in [4.78, 5) is 12.0. The number of hydrogen-bond donors (Lipinski definition) is 2. The molecule has 88 valence electrons. The van der Waals surface area contributed by atoms with Crippen LogP contribution in [0.5, 0.6) is 0 Å². The summed E-state index contributed by atoms with van der Waals surface area (Å²) in [7, 11) is 1.68. The highest BCUT2D eigenvalue weighted by Crippen LogP contribution is 2.33. The van der Waals surface area contributed by atoms with Crippen LogP contribution in [0.3, 0.4) is 0 Å². The molecule has 0 aliphatic rings. The molecule has 0 aliphatic carbocycles. The Morgan fingerprint density at radius 3 is 2.75 bits per heavy atom. The Hall–Kier alpha value is -1.82. The van der Waals surface area contributed by atoms with E-state index in [2.05, 4.69) is 0 Å². The van der Waals surface area contributed by atoms with Gasteiger partial charge in [0.1, 0.15) is 11.4 Å². The van der Waals surface area contributed by atoms with Gasteiger partial charge in [-0.05, 0) is 19.1 Å². The van der Waals surface area contributed by atoms with Crippen molar-refractivity contribution in [3.63, 3.8) is 0 Å². The SMILES string of the molecule is CC(CO)N(C)c1cccc(N)c1[N+](=O)[O-]. The molecule has 1 aromatic rings. The lowest BCUT2D eigenvalue weighted by Gasteiger charge is -2.25. The van der Waals surface area contributed by atoms with Gasteiger partial charge in [-0.3, -0.25) is 10.1 Å². The smallest absolute Gasteiger partial charge is 0.315 e. The number of nitrogens with zero attached hydrogens (tertiary/aromatic N) is 2. The highest BCUT2D eigenvalue weighted by atomic mass is 16.6. The molecule has 0 bridgehead atoms. The maximum Gasteiger partial charge on any atom is 0.315 e. The van der Waals surface area contributed by atoms with Gasteiger partial charge in [-0.1, -0.05) is 6.07 Å². The summed E-state index contributed by atoms with van der Waals surface area (Å²) in [5.74, 6) is 0. The van der Waals surface area contributed by atoms with Crippen molar-refractivity contribution in [1.29, 1.82) is 0 Å². The average Bonchev–Trinajstić information content (AvgIpc) is 2.26. The van der Waals surface area contributed by atoms with Crippen LogP contribution in [0.4, 0.5) is 17.1 Å².